The van der Waals surface area contributed by atoms with Crippen molar-refractivity contribution in [1.29, 1.82) is 0 Å². The van der Waals surface area contributed by atoms with Gasteiger partial charge in [-0.15, -0.1) is 0 Å². The zero-order valence-corrected chi connectivity index (χ0v) is 28.5. The molecule has 0 fully saturated rings. The Hall–Kier alpha value is -7.38. The minimum atomic E-state index is 0.641. The van der Waals surface area contributed by atoms with Gasteiger partial charge in [-0.2, -0.15) is 0 Å². The Bertz CT molecular complexity index is 2770. The number of benzene rings is 6. The van der Waals surface area contributed by atoms with Crippen molar-refractivity contribution in [2.45, 2.75) is 0 Å². The van der Waals surface area contributed by atoms with Crippen LogP contribution in [0.15, 0.2) is 189 Å². The van der Waals surface area contributed by atoms with Crippen LogP contribution in [0.4, 0.5) is 17.1 Å². The van der Waals surface area contributed by atoms with E-state index >= 15 is 0 Å². The molecule has 4 aromatic heterocycles. The Morgan fingerprint density at radius 2 is 1.04 bits per heavy atom. The van der Waals surface area contributed by atoms with Crippen LogP contribution in [0.3, 0.4) is 0 Å². The summed E-state index contributed by atoms with van der Waals surface area (Å²) in [7, 11) is 0. The van der Waals surface area contributed by atoms with Crippen molar-refractivity contribution in [2.24, 2.45) is 0 Å². The molecule has 0 radical (unpaired) electrons. The highest BCUT2D eigenvalue weighted by Crippen LogP contribution is 2.41. The van der Waals surface area contributed by atoms with Crippen LogP contribution in [0.25, 0.3) is 66.6 Å². The minimum absolute atomic E-state index is 0.641. The maximum atomic E-state index is 4.36. The predicted octanol–water partition coefficient (Wildman–Crippen LogP) is 11.1. The third-order valence-electron chi connectivity index (χ3n) is 9.88. The summed E-state index contributed by atoms with van der Waals surface area (Å²) in [6.45, 7) is 0. The molecule has 0 aliphatic heterocycles. The van der Waals surface area contributed by atoms with E-state index in [-0.39, 0.29) is 0 Å². The average Bonchev–Trinajstić information content (AvgIpc) is 3.80. The SMILES string of the molecule is c1ccc(-n2ccc3cc4c5cc(N(c6ccc(-c7ccncc7)cc6)c6ccc(-c7ncncn7)cc6)ccc5n(-c5ccccc5)c4cc32)cc1. The molecule has 7 heteroatoms. The van der Waals surface area contributed by atoms with Crippen LogP contribution in [0.2, 0.25) is 0 Å². The number of nitrogens with zero attached hydrogens (tertiary/aromatic N) is 7. The molecule has 7 nitrogen and oxygen atoms in total. The zero-order chi connectivity index (χ0) is 35.1. The molecule has 250 valence electrons. The second-order valence-corrected chi connectivity index (χ2v) is 12.9. The van der Waals surface area contributed by atoms with E-state index in [1.165, 1.54) is 28.8 Å². The van der Waals surface area contributed by atoms with Crippen molar-refractivity contribution >= 4 is 49.8 Å². The number of para-hydroxylation sites is 2. The largest absolute Gasteiger partial charge is 0.316 e. The highest BCUT2D eigenvalue weighted by Gasteiger charge is 2.19. The van der Waals surface area contributed by atoms with Crippen molar-refractivity contribution in [3.63, 3.8) is 0 Å². The molecule has 53 heavy (non-hydrogen) atoms. The molecule has 4 heterocycles. The topological polar surface area (TPSA) is 64.7 Å². The molecule has 0 saturated carbocycles. The van der Waals surface area contributed by atoms with Gasteiger partial charge < -0.3 is 14.0 Å². The summed E-state index contributed by atoms with van der Waals surface area (Å²) in [6, 6.07) is 56.0. The highest BCUT2D eigenvalue weighted by atomic mass is 15.1. The summed E-state index contributed by atoms with van der Waals surface area (Å²) < 4.78 is 4.65. The third kappa shape index (κ3) is 5.39. The molecule has 0 saturated heterocycles. The molecule has 0 amide bonds. The van der Waals surface area contributed by atoms with Crippen LogP contribution in [0.5, 0.6) is 0 Å². The summed E-state index contributed by atoms with van der Waals surface area (Å²) in [4.78, 5) is 19.2. The number of anilines is 3. The van der Waals surface area contributed by atoms with E-state index in [9.17, 15) is 0 Å². The first-order valence-corrected chi connectivity index (χ1v) is 17.5. The summed E-state index contributed by atoms with van der Waals surface area (Å²) in [5.41, 5.74) is 12.0. The Kier molecular flexibility index (Phi) is 7.32. The number of fused-ring (bicyclic) bond motifs is 4. The number of hydrogen-bond acceptors (Lipinski definition) is 5. The molecule has 0 aliphatic rings. The second kappa shape index (κ2) is 12.7. The number of aromatic nitrogens is 6. The van der Waals surface area contributed by atoms with Gasteiger partial charge in [0.05, 0.1) is 16.6 Å². The first kappa shape index (κ1) is 30.4. The van der Waals surface area contributed by atoms with E-state index in [0.717, 1.165) is 61.7 Å². The lowest BCUT2D eigenvalue weighted by Crippen LogP contribution is -2.10. The fraction of sp³-hybridized carbons (Fsp3) is 0. The van der Waals surface area contributed by atoms with Crippen LogP contribution in [0, 0.1) is 0 Å². The summed E-state index contributed by atoms with van der Waals surface area (Å²) in [5.74, 6) is 0.641. The number of hydrogen-bond donors (Lipinski definition) is 0. The van der Waals surface area contributed by atoms with Gasteiger partial charge in [-0.25, -0.2) is 15.0 Å². The highest BCUT2D eigenvalue weighted by molar-refractivity contribution is 6.14. The van der Waals surface area contributed by atoms with Crippen LogP contribution < -0.4 is 4.90 Å². The van der Waals surface area contributed by atoms with E-state index in [4.69, 9.17) is 0 Å². The van der Waals surface area contributed by atoms with Crippen molar-refractivity contribution in [1.82, 2.24) is 29.1 Å². The van der Waals surface area contributed by atoms with Gasteiger partial charge in [0, 0.05) is 68.7 Å². The zero-order valence-electron chi connectivity index (χ0n) is 28.5. The second-order valence-electron chi connectivity index (χ2n) is 12.9. The molecule has 0 unspecified atom stereocenters. The quantitative estimate of drug-likeness (QED) is 0.167. The van der Waals surface area contributed by atoms with Gasteiger partial charge >= 0.3 is 0 Å². The average molecular weight is 682 g/mol. The molecular weight excluding hydrogens is 651 g/mol. The van der Waals surface area contributed by atoms with Gasteiger partial charge in [0.2, 0.25) is 0 Å². The Labute approximate surface area is 305 Å². The Balaban J connectivity index is 1.17. The van der Waals surface area contributed by atoms with Crippen molar-refractivity contribution in [3.8, 4) is 33.9 Å². The maximum absolute atomic E-state index is 4.36. The smallest absolute Gasteiger partial charge is 0.162 e. The van der Waals surface area contributed by atoms with E-state index in [1.807, 2.05) is 24.5 Å². The normalized spacial score (nSPS) is 11.4. The molecular formula is C46H31N7. The van der Waals surface area contributed by atoms with Crippen LogP contribution >= 0.6 is 0 Å². The van der Waals surface area contributed by atoms with Gasteiger partial charge in [-0.1, -0.05) is 48.5 Å². The summed E-state index contributed by atoms with van der Waals surface area (Å²) in [6.07, 6.45) is 8.87. The first-order valence-electron chi connectivity index (χ1n) is 17.5. The van der Waals surface area contributed by atoms with E-state index in [2.05, 4.69) is 186 Å². The van der Waals surface area contributed by atoms with Crippen LogP contribution in [-0.4, -0.2) is 29.1 Å². The van der Waals surface area contributed by atoms with Gasteiger partial charge in [-0.05, 0) is 120 Å². The van der Waals surface area contributed by atoms with Crippen molar-refractivity contribution < 1.29 is 0 Å². The maximum Gasteiger partial charge on any atom is 0.162 e. The minimum Gasteiger partial charge on any atom is -0.316 e. The lowest BCUT2D eigenvalue weighted by Gasteiger charge is -2.26. The fourth-order valence-corrected chi connectivity index (χ4v) is 7.39. The van der Waals surface area contributed by atoms with Crippen molar-refractivity contribution in [2.75, 3.05) is 4.90 Å². The van der Waals surface area contributed by atoms with Gasteiger partial charge in [0.1, 0.15) is 12.7 Å². The molecule has 0 aliphatic carbocycles. The fourth-order valence-electron chi connectivity index (χ4n) is 7.39. The van der Waals surface area contributed by atoms with Gasteiger partial charge in [0.25, 0.3) is 0 Å². The van der Waals surface area contributed by atoms with Crippen LogP contribution in [-0.2, 0) is 0 Å². The van der Waals surface area contributed by atoms with E-state index in [0.29, 0.717) is 5.82 Å². The summed E-state index contributed by atoms with van der Waals surface area (Å²) in [5, 5.41) is 3.56. The van der Waals surface area contributed by atoms with Crippen LogP contribution in [0.1, 0.15) is 0 Å². The molecule has 10 rings (SSSR count). The molecule has 10 aromatic rings. The molecule has 0 spiro atoms. The molecule has 0 atom stereocenters. The Morgan fingerprint density at radius 1 is 0.434 bits per heavy atom. The standard InChI is InChI=1S/C46H31N7/c1-3-7-36(8-4-1)51-26-23-35-27-41-42-28-40(19-20-43(42)53(45(41)29-44(35)51)37-9-5-2-6-10-37)52(38-15-11-32(12-16-38)33-21-24-47-25-22-33)39-17-13-34(14-18-39)46-49-30-48-31-50-46/h1-31H. The van der Waals surface area contributed by atoms with Gasteiger partial charge in [-0.3, -0.25) is 4.98 Å². The summed E-state index contributed by atoms with van der Waals surface area (Å²) >= 11 is 0. The molecule has 6 aromatic carbocycles. The van der Waals surface area contributed by atoms with Gasteiger partial charge in [0.15, 0.2) is 5.82 Å². The molecule has 0 N–H and O–H groups in total. The predicted molar refractivity (Wildman–Crippen MR) is 214 cm³/mol. The first-order chi connectivity index (χ1) is 26.3. The monoisotopic (exact) mass is 681 g/mol. The number of pyridine rings is 1. The number of rotatable bonds is 7. The van der Waals surface area contributed by atoms with Crippen molar-refractivity contribution in [3.05, 3.63) is 189 Å². The third-order valence-corrected chi connectivity index (χ3v) is 9.88. The van der Waals surface area contributed by atoms with E-state index < -0.39 is 0 Å². The Morgan fingerprint density at radius 3 is 1.74 bits per heavy atom. The van der Waals surface area contributed by atoms with E-state index in [1.54, 1.807) is 0 Å². The lowest BCUT2D eigenvalue weighted by atomic mass is 10.1. The lowest BCUT2D eigenvalue weighted by molar-refractivity contribution is 1.06. The molecule has 0 bridgehead atoms.